The number of amides is 1. The van der Waals surface area contributed by atoms with Crippen LogP contribution in [-0.2, 0) is 0 Å². The topological polar surface area (TPSA) is 37.3 Å². The number of nitrogens with one attached hydrogen (secondary N) is 1. The summed E-state index contributed by atoms with van der Waals surface area (Å²) in [7, 11) is 1.99. The summed E-state index contributed by atoms with van der Waals surface area (Å²) in [5.41, 5.74) is 3.36. The second-order valence-corrected chi connectivity index (χ2v) is 7.41. The van der Waals surface area contributed by atoms with E-state index < -0.39 is 0 Å². The number of carbonyl (C=O) groups excluding carboxylic acids is 1. The van der Waals surface area contributed by atoms with E-state index in [1.807, 2.05) is 7.05 Å². The highest BCUT2D eigenvalue weighted by Crippen LogP contribution is 2.32. The van der Waals surface area contributed by atoms with Crippen LogP contribution in [0.1, 0.15) is 66.3 Å². The van der Waals surface area contributed by atoms with Crippen LogP contribution in [0.3, 0.4) is 0 Å². The third-order valence-corrected chi connectivity index (χ3v) is 5.72. The third kappa shape index (κ3) is 3.32. The molecule has 0 aromatic carbocycles. The largest absolute Gasteiger partial charge is 0.345 e. The van der Waals surface area contributed by atoms with Gasteiger partial charge in [0.1, 0.15) is 0 Å². The number of likely N-dealkylation sites (tertiary alicyclic amines) is 1. The number of carbonyl (C=O) groups is 1. The van der Waals surface area contributed by atoms with Crippen molar-refractivity contribution in [3.05, 3.63) is 23.0 Å². The van der Waals surface area contributed by atoms with Crippen molar-refractivity contribution in [2.45, 2.75) is 58.4 Å². The molecule has 1 unspecified atom stereocenters. The second kappa shape index (κ2) is 7.08. The molecule has 1 aromatic rings. The van der Waals surface area contributed by atoms with E-state index in [1.165, 1.54) is 43.5 Å². The van der Waals surface area contributed by atoms with E-state index in [-0.39, 0.29) is 5.91 Å². The Balaban J connectivity index is 1.76. The molecule has 1 aliphatic heterocycles. The molecule has 1 saturated heterocycles. The summed E-state index contributed by atoms with van der Waals surface area (Å²) in [4.78, 5) is 15.0. The molecule has 1 N–H and O–H groups in total. The van der Waals surface area contributed by atoms with Gasteiger partial charge in [-0.3, -0.25) is 4.79 Å². The van der Waals surface area contributed by atoms with Crippen LogP contribution in [-0.4, -0.2) is 42.1 Å². The van der Waals surface area contributed by atoms with Gasteiger partial charge in [-0.1, -0.05) is 19.3 Å². The van der Waals surface area contributed by atoms with Crippen molar-refractivity contribution in [1.82, 2.24) is 14.8 Å². The highest BCUT2D eigenvalue weighted by atomic mass is 16.2. The lowest BCUT2D eigenvalue weighted by Crippen LogP contribution is -2.30. The van der Waals surface area contributed by atoms with Gasteiger partial charge in [0.25, 0.3) is 5.91 Å². The van der Waals surface area contributed by atoms with Gasteiger partial charge < -0.3 is 14.8 Å². The Morgan fingerprint density at radius 1 is 1.22 bits per heavy atom. The van der Waals surface area contributed by atoms with Crippen molar-refractivity contribution < 1.29 is 4.79 Å². The second-order valence-electron chi connectivity index (χ2n) is 7.41. The Kier molecular flexibility index (Phi) is 5.10. The first kappa shape index (κ1) is 16.6. The van der Waals surface area contributed by atoms with Crippen molar-refractivity contribution >= 4 is 5.91 Å². The van der Waals surface area contributed by atoms with E-state index >= 15 is 0 Å². The SMILES string of the molecule is CNCC1CCN(C(=O)c2cc(C)n(C3CCCCC3)c2C)C1. The smallest absolute Gasteiger partial charge is 0.255 e. The summed E-state index contributed by atoms with van der Waals surface area (Å²) in [5, 5.41) is 3.23. The molecular formula is C19H31N3O. The highest BCUT2D eigenvalue weighted by Gasteiger charge is 2.29. The lowest BCUT2D eigenvalue weighted by atomic mass is 9.95. The number of rotatable bonds is 4. The summed E-state index contributed by atoms with van der Waals surface area (Å²) in [5.74, 6) is 0.838. The first-order valence-corrected chi connectivity index (χ1v) is 9.24. The minimum absolute atomic E-state index is 0.235. The van der Waals surface area contributed by atoms with E-state index in [4.69, 9.17) is 0 Å². The molecule has 0 spiro atoms. The first-order valence-electron chi connectivity index (χ1n) is 9.24. The van der Waals surface area contributed by atoms with Crippen LogP contribution in [0, 0.1) is 19.8 Å². The van der Waals surface area contributed by atoms with Crippen LogP contribution in [0.25, 0.3) is 0 Å². The first-order chi connectivity index (χ1) is 11.1. The van der Waals surface area contributed by atoms with Crippen LogP contribution in [0.4, 0.5) is 0 Å². The number of hydrogen-bond donors (Lipinski definition) is 1. The maximum Gasteiger partial charge on any atom is 0.255 e. The number of hydrogen-bond acceptors (Lipinski definition) is 2. The molecule has 0 radical (unpaired) electrons. The van der Waals surface area contributed by atoms with Crippen molar-refractivity contribution in [2.75, 3.05) is 26.7 Å². The fourth-order valence-electron chi connectivity index (χ4n) is 4.54. The average molecular weight is 317 g/mol. The quantitative estimate of drug-likeness (QED) is 0.925. The van der Waals surface area contributed by atoms with Gasteiger partial charge in [0.2, 0.25) is 0 Å². The molecular weight excluding hydrogens is 286 g/mol. The van der Waals surface area contributed by atoms with Crippen LogP contribution >= 0.6 is 0 Å². The Labute approximate surface area is 140 Å². The lowest BCUT2D eigenvalue weighted by Gasteiger charge is -2.26. The predicted octanol–water partition coefficient (Wildman–Crippen LogP) is 3.29. The molecule has 1 saturated carbocycles. The van der Waals surface area contributed by atoms with Gasteiger partial charge in [-0.05, 0) is 58.7 Å². The van der Waals surface area contributed by atoms with Gasteiger partial charge in [0.05, 0.1) is 5.56 Å². The normalized spacial score (nSPS) is 22.7. The summed E-state index contributed by atoms with van der Waals surface area (Å²) < 4.78 is 2.44. The van der Waals surface area contributed by atoms with Crippen molar-refractivity contribution in [3.63, 3.8) is 0 Å². The van der Waals surface area contributed by atoms with E-state index in [0.29, 0.717) is 12.0 Å². The van der Waals surface area contributed by atoms with Crippen molar-refractivity contribution in [2.24, 2.45) is 5.92 Å². The molecule has 2 heterocycles. The zero-order valence-corrected chi connectivity index (χ0v) is 14.9. The highest BCUT2D eigenvalue weighted by molar-refractivity contribution is 5.96. The predicted molar refractivity (Wildman–Crippen MR) is 94.0 cm³/mol. The van der Waals surface area contributed by atoms with Gasteiger partial charge in [-0.2, -0.15) is 0 Å². The number of aromatic nitrogens is 1. The van der Waals surface area contributed by atoms with E-state index in [2.05, 4.69) is 34.7 Å². The van der Waals surface area contributed by atoms with Gasteiger partial charge in [-0.25, -0.2) is 0 Å². The minimum Gasteiger partial charge on any atom is -0.345 e. The average Bonchev–Trinajstić information content (AvgIpc) is 3.13. The Morgan fingerprint density at radius 3 is 2.65 bits per heavy atom. The Morgan fingerprint density at radius 2 is 1.96 bits per heavy atom. The fourth-order valence-corrected chi connectivity index (χ4v) is 4.54. The van der Waals surface area contributed by atoms with Crippen LogP contribution in [0.15, 0.2) is 6.07 Å². The minimum atomic E-state index is 0.235. The molecule has 0 bridgehead atoms. The lowest BCUT2D eigenvalue weighted by molar-refractivity contribution is 0.0786. The van der Waals surface area contributed by atoms with Crippen molar-refractivity contribution in [1.29, 1.82) is 0 Å². The van der Waals surface area contributed by atoms with Crippen molar-refractivity contribution in [3.8, 4) is 0 Å². The van der Waals surface area contributed by atoms with Gasteiger partial charge in [0.15, 0.2) is 0 Å². The van der Waals surface area contributed by atoms with E-state index in [1.54, 1.807) is 0 Å². The molecule has 1 aromatic heterocycles. The molecule has 3 rings (SSSR count). The monoisotopic (exact) mass is 317 g/mol. The maximum absolute atomic E-state index is 13.0. The van der Waals surface area contributed by atoms with Crippen LogP contribution in [0.5, 0.6) is 0 Å². The van der Waals surface area contributed by atoms with Crippen LogP contribution in [0.2, 0.25) is 0 Å². The Bertz CT molecular complexity index is 557. The molecule has 2 fully saturated rings. The van der Waals surface area contributed by atoms with Crippen LogP contribution < -0.4 is 5.32 Å². The molecule has 4 heteroatoms. The zero-order chi connectivity index (χ0) is 16.4. The molecule has 4 nitrogen and oxygen atoms in total. The fraction of sp³-hybridized carbons (Fsp3) is 0.737. The van der Waals surface area contributed by atoms with E-state index in [9.17, 15) is 4.79 Å². The van der Waals surface area contributed by atoms with Gasteiger partial charge in [-0.15, -0.1) is 0 Å². The summed E-state index contributed by atoms with van der Waals surface area (Å²) in [6.07, 6.45) is 7.65. The van der Waals surface area contributed by atoms with E-state index in [0.717, 1.165) is 31.6 Å². The maximum atomic E-state index is 13.0. The number of nitrogens with zero attached hydrogens (tertiary/aromatic N) is 2. The summed E-state index contributed by atoms with van der Waals surface area (Å²) >= 11 is 0. The zero-order valence-electron chi connectivity index (χ0n) is 14.9. The standard InChI is InChI=1S/C19H31N3O/c1-14-11-18(15(2)22(14)17-7-5-4-6-8-17)19(23)21-10-9-16(13-21)12-20-3/h11,16-17,20H,4-10,12-13H2,1-3H3. The molecule has 1 aliphatic carbocycles. The summed E-state index contributed by atoms with van der Waals surface area (Å²) in [6, 6.07) is 2.72. The van der Waals surface area contributed by atoms with Gasteiger partial charge in [0, 0.05) is 30.5 Å². The third-order valence-electron chi connectivity index (χ3n) is 5.72. The molecule has 1 amide bonds. The number of aryl methyl sites for hydroxylation is 1. The molecule has 1 atom stereocenters. The molecule has 23 heavy (non-hydrogen) atoms. The molecule has 2 aliphatic rings. The van der Waals surface area contributed by atoms with Gasteiger partial charge >= 0.3 is 0 Å². The molecule has 128 valence electrons. The Hall–Kier alpha value is -1.29. The summed E-state index contributed by atoms with van der Waals surface area (Å²) in [6.45, 7) is 7.10.